The molecule has 5 aliphatic carbocycles. The molecule has 0 saturated heterocycles. The van der Waals surface area contributed by atoms with Crippen molar-refractivity contribution in [2.75, 3.05) is 0 Å². The average molecular weight is 284 g/mol. The summed E-state index contributed by atoms with van der Waals surface area (Å²) in [6, 6.07) is 0. The van der Waals surface area contributed by atoms with Gasteiger partial charge in [0.05, 0.1) is 0 Å². The van der Waals surface area contributed by atoms with Crippen molar-refractivity contribution in [3.05, 3.63) is 11.6 Å². The molecule has 0 aromatic rings. The molecule has 4 fully saturated rings. The van der Waals surface area contributed by atoms with Crippen LogP contribution in [0.2, 0.25) is 0 Å². The number of hydrogen-bond acceptors (Lipinski definition) is 1. The van der Waals surface area contributed by atoms with Gasteiger partial charge in [0, 0.05) is 5.92 Å². The molecule has 0 aromatic carbocycles. The number of allylic oxidation sites excluding steroid dienone is 1. The Bertz CT molecular complexity index is 532. The molecule has 5 rings (SSSR count). The molecule has 5 aliphatic rings. The van der Waals surface area contributed by atoms with Gasteiger partial charge in [-0.3, -0.25) is 4.79 Å². The molecule has 0 spiro atoms. The van der Waals surface area contributed by atoms with E-state index in [1.807, 2.05) is 0 Å². The van der Waals surface area contributed by atoms with Gasteiger partial charge >= 0.3 is 0 Å². The second-order valence-electron chi connectivity index (χ2n) is 9.15. The van der Waals surface area contributed by atoms with Crippen LogP contribution in [0.1, 0.15) is 58.8 Å². The van der Waals surface area contributed by atoms with Crippen molar-refractivity contribution in [3.63, 3.8) is 0 Å². The Labute approximate surface area is 128 Å². The highest BCUT2D eigenvalue weighted by Gasteiger charge is 2.60. The normalized spacial score (nSPS) is 57.7. The molecule has 4 saturated carbocycles. The Balaban J connectivity index is 1.49. The molecule has 0 aliphatic heterocycles. The van der Waals surface area contributed by atoms with Crippen LogP contribution in [0, 0.1) is 46.8 Å². The summed E-state index contributed by atoms with van der Waals surface area (Å²) in [5.41, 5.74) is 2.20. The summed E-state index contributed by atoms with van der Waals surface area (Å²) < 4.78 is 0. The topological polar surface area (TPSA) is 17.1 Å². The lowest BCUT2D eigenvalue weighted by molar-refractivity contribution is -0.117. The lowest BCUT2D eigenvalue weighted by Crippen LogP contribution is -2.46. The Hall–Kier alpha value is -0.590. The van der Waals surface area contributed by atoms with Crippen molar-refractivity contribution in [2.24, 2.45) is 46.8 Å². The molecule has 0 aromatic heterocycles. The highest BCUT2D eigenvalue weighted by atomic mass is 16.1. The lowest BCUT2D eigenvalue weighted by Gasteiger charge is -2.54. The molecule has 0 N–H and O–H groups in total. The van der Waals surface area contributed by atoms with E-state index in [0.717, 1.165) is 35.5 Å². The van der Waals surface area contributed by atoms with Crippen LogP contribution in [0.4, 0.5) is 0 Å². The van der Waals surface area contributed by atoms with Gasteiger partial charge in [0.15, 0.2) is 5.78 Å². The number of ketones is 1. The number of rotatable bonds is 0. The third-order valence-corrected chi connectivity index (χ3v) is 8.62. The first-order valence-electron chi connectivity index (χ1n) is 9.34. The molecule has 114 valence electrons. The minimum atomic E-state index is 0.438. The predicted molar refractivity (Wildman–Crippen MR) is 83.6 cm³/mol. The minimum Gasteiger partial charge on any atom is -0.295 e. The molecular formula is C20H28O. The quantitative estimate of drug-likeness (QED) is 0.634. The summed E-state index contributed by atoms with van der Waals surface area (Å²) in [5, 5.41) is 0. The summed E-state index contributed by atoms with van der Waals surface area (Å²) in [6.45, 7) is 5.10. The summed E-state index contributed by atoms with van der Waals surface area (Å²) >= 11 is 0. The number of hydrogen-bond donors (Lipinski definition) is 0. The average Bonchev–Trinajstić information content (AvgIpc) is 3.21. The fraction of sp³-hybridized carbons (Fsp3) is 0.850. The number of carbonyl (C=O) groups is 1. The van der Waals surface area contributed by atoms with Crippen LogP contribution in [0.25, 0.3) is 0 Å². The summed E-state index contributed by atoms with van der Waals surface area (Å²) in [4.78, 5) is 12.1. The zero-order valence-corrected chi connectivity index (χ0v) is 13.5. The van der Waals surface area contributed by atoms with Crippen LogP contribution in [0.15, 0.2) is 11.6 Å². The van der Waals surface area contributed by atoms with E-state index in [-0.39, 0.29) is 0 Å². The van der Waals surface area contributed by atoms with E-state index in [4.69, 9.17) is 0 Å². The molecule has 1 heteroatoms. The second kappa shape index (κ2) is 4.03. The highest BCUT2D eigenvalue weighted by molar-refractivity contribution is 5.96. The molecular weight excluding hydrogens is 256 g/mol. The van der Waals surface area contributed by atoms with Crippen molar-refractivity contribution in [3.8, 4) is 0 Å². The van der Waals surface area contributed by atoms with Gasteiger partial charge in [0.1, 0.15) is 0 Å². The van der Waals surface area contributed by atoms with Crippen molar-refractivity contribution in [1.29, 1.82) is 0 Å². The summed E-state index contributed by atoms with van der Waals surface area (Å²) in [6.07, 6.45) is 11.8. The van der Waals surface area contributed by atoms with Gasteiger partial charge in [0.2, 0.25) is 0 Å². The Kier molecular flexibility index (Phi) is 2.48. The van der Waals surface area contributed by atoms with Crippen LogP contribution in [-0.4, -0.2) is 5.78 Å². The first-order chi connectivity index (χ1) is 10.1. The van der Waals surface area contributed by atoms with Gasteiger partial charge in [0.25, 0.3) is 0 Å². The molecule has 0 bridgehead atoms. The molecule has 1 nitrogen and oxygen atoms in total. The zero-order chi connectivity index (χ0) is 14.4. The van der Waals surface area contributed by atoms with Gasteiger partial charge in [-0.25, -0.2) is 0 Å². The molecule has 7 unspecified atom stereocenters. The van der Waals surface area contributed by atoms with Crippen LogP contribution < -0.4 is 0 Å². The molecule has 0 amide bonds. The Morgan fingerprint density at radius 1 is 1.10 bits per heavy atom. The van der Waals surface area contributed by atoms with Crippen LogP contribution >= 0.6 is 0 Å². The van der Waals surface area contributed by atoms with Crippen LogP contribution in [0.5, 0.6) is 0 Å². The number of fused-ring (bicyclic) bond motifs is 7. The van der Waals surface area contributed by atoms with E-state index in [0.29, 0.717) is 17.1 Å². The fourth-order valence-corrected chi connectivity index (χ4v) is 7.20. The summed E-state index contributed by atoms with van der Waals surface area (Å²) in [5.74, 6) is 6.31. The van der Waals surface area contributed by atoms with Crippen molar-refractivity contribution in [1.82, 2.24) is 0 Å². The molecule has 8 atom stereocenters. The first kappa shape index (κ1) is 12.9. The van der Waals surface area contributed by atoms with E-state index in [1.165, 1.54) is 44.9 Å². The minimum absolute atomic E-state index is 0.438. The standard InChI is InChI=1S/C20H28O/c1-11-3-6-17-13-5-4-12-9-18(21)15-10-16(15)19(12)14(13)7-8-20(11,17)2/h9,11,13-17,19H,3-8,10H2,1-2H3/t11?,13?,14?,15?,16?,17?,19?,20-/m1/s1. The van der Waals surface area contributed by atoms with E-state index in [2.05, 4.69) is 19.9 Å². The molecule has 0 heterocycles. The van der Waals surface area contributed by atoms with Gasteiger partial charge in [-0.15, -0.1) is 0 Å². The van der Waals surface area contributed by atoms with Crippen LogP contribution in [0.3, 0.4) is 0 Å². The maximum atomic E-state index is 12.1. The Morgan fingerprint density at radius 2 is 1.95 bits per heavy atom. The summed E-state index contributed by atoms with van der Waals surface area (Å²) in [7, 11) is 0. The number of carbonyl (C=O) groups excluding carboxylic acids is 1. The van der Waals surface area contributed by atoms with E-state index < -0.39 is 0 Å². The van der Waals surface area contributed by atoms with Gasteiger partial charge in [-0.2, -0.15) is 0 Å². The monoisotopic (exact) mass is 284 g/mol. The van der Waals surface area contributed by atoms with Gasteiger partial charge < -0.3 is 0 Å². The second-order valence-corrected chi connectivity index (χ2v) is 9.15. The van der Waals surface area contributed by atoms with E-state index in [1.54, 1.807) is 5.57 Å². The first-order valence-corrected chi connectivity index (χ1v) is 9.34. The van der Waals surface area contributed by atoms with E-state index in [9.17, 15) is 4.79 Å². The van der Waals surface area contributed by atoms with Crippen LogP contribution in [-0.2, 0) is 4.79 Å². The van der Waals surface area contributed by atoms with Crippen molar-refractivity contribution >= 4 is 5.78 Å². The SMILES string of the molecule is CC1CCC2C3CCC4=CC(=O)C5CC5C4C3CC[C@]12C. The lowest BCUT2D eigenvalue weighted by atomic mass is 9.51. The fourth-order valence-electron chi connectivity index (χ4n) is 7.20. The molecule has 21 heavy (non-hydrogen) atoms. The van der Waals surface area contributed by atoms with Crippen molar-refractivity contribution < 1.29 is 4.79 Å². The third-order valence-electron chi connectivity index (χ3n) is 8.62. The van der Waals surface area contributed by atoms with Gasteiger partial charge in [-0.1, -0.05) is 19.4 Å². The van der Waals surface area contributed by atoms with E-state index >= 15 is 0 Å². The molecule has 0 radical (unpaired) electrons. The highest BCUT2D eigenvalue weighted by Crippen LogP contribution is 2.66. The third kappa shape index (κ3) is 1.56. The van der Waals surface area contributed by atoms with Gasteiger partial charge in [-0.05, 0) is 91.9 Å². The zero-order valence-electron chi connectivity index (χ0n) is 13.5. The largest absolute Gasteiger partial charge is 0.295 e. The Morgan fingerprint density at radius 3 is 2.81 bits per heavy atom. The maximum Gasteiger partial charge on any atom is 0.159 e. The predicted octanol–water partition coefficient (Wildman–Crippen LogP) is 4.62. The maximum absolute atomic E-state index is 12.1. The van der Waals surface area contributed by atoms with Crippen molar-refractivity contribution in [2.45, 2.75) is 58.8 Å². The smallest absolute Gasteiger partial charge is 0.159 e.